The Kier molecular flexibility index (Phi) is 6.78. The van der Waals surface area contributed by atoms with Gasteiger partial charge in [0.2, 0.25) is 0 Å². The van der Waals surface area contributed by atoms with Gasteiger partial charge in [-0.15, -0.1) is 0 Å². The van der Waals surface area contributed by atoms with E-state index in [9.17, 15) is 9.59 Å². The quantitative estimate of drug-likeness (QED) is 0.793. The number of carbonyl (C=O) groups is 2. The van der Waals surface area contributed by atoms with Crippen LogP contribution in [0, 0.1) is 6.92 Å². The molecule has 0 bridgehead atoms. The van der Waals surface area contributed by atoms with Gasteiger partial charge in [0.1, 0.15) is 5.75 Å². The minimum absolute atomic E-state index is 0.118. The lowest BCUT2D eigenvalue weighted by molar-refractivity contribution is -0.118. The van der Waals surface area contributed by atoms with Crippen LogP contribution in [0.1, 0.15) is 48.2 Å². The standard InChI is InChI=1S/C21H26N2O3/c1-5-22-21(25)17-8-6-7-9-18(17)23-20(24)13-26-19-12-15(4)10-11-16(19)14(2)3/h6-12,14H,5,13H2,1-4H3,(H,22,25)(H,23,24). The maximum atomic E-state index is 12.3. The molecular weight excluding hydrogens is 328 g/mol. The van der Waals surface area contributed by atoms with Crippen LogP contribution < -0.4 is 15.4 Å². The molecule has 0 aliphatic carbocycles. The van der Waals surface area contributed by atoms with E-state index in [4.69, 9.17) is 4.74 Å². The maximum absolute atomic E-state index is 12.3. The summed E-state index contributed by atoms with van der Waals surface area (Å²) in [4.78, 5) is 24.4. The number of nitrogens with one attached hydrogen (secondary N) is 2. The first kappa shape index (κ1) is 19.5. The summed E-state index contributed by atoms with van der Waals surface area (Å²) in [5.74, 6) is 0.488. The van der Waals surface area contributed by atoms with Crippen molar-refractivity contribution < 1.29 is 14.3 Å². The molecule has 5 heteroatoms. The number of hydrogen-bond acceptors (Lipinski definition) is 3. The average molecular weight is 354 g/mol. The van der Waals surface area contributed by atoms with Gasteiger partial charge in [-0.25, -0.2) is 0 Å². The molecule has 0 aliphatic heterocycles. The van der Waals surface area contributed by atoms with Crippen LogP contribution in [-0.4, -0.2) is 25.0 Å². The Morgan fingerprint density at radius 3 is 2.54 bits per heavy atom. The number of carbonyl (C=O) groups excluding carboxylic acids is 2. The lowest BCUT2D eigenvalue weighted by Crippen LogP contribution is -2.26. The van der Waals surface area contributed by atoms with Crippen molar-refractivity contribution in [3.63, 3.8) is 0 Å². The number of para-hydroxylation sites is 1. The first-order chi connectivity index (χ1) is 12.4. The second-order valence-electron chi connectivity index (χ2n) is 6.44. The van der Waals surface area contributed by atoms with Gasteiger partial charge in [0.25, 0.3) is 11.8 Å². The summed E-state index contributed by atoms with van der Waals surface area (Å²) in [6.45, 7) is 8.41. The highest BCUT2D eigenvalue weighted by Gasteiger charge is 2.14. The topological polar surface area (TPSA) is 67.4 Å². The lowest BCUT2D eigenvalue weighted by Gasteiger charge is -2.15. The van der Waals surface area contributed by atoms with Gasteiger partial charge < -0.3 is 15.4 Å². The smallest absolute Gasteiger partial charge is 0.262 e. The van der Waals surface area contributed by atoms with Crippen molar-refractivity contribution >= 4 is 17.5 Å². The van der Waals surface area contributed by atoms with Crippen LogP contribution in [0.2, 0.25) is 0 Å². The van der Waals surface area contributed by atoms with Crippen LogP contribution in [0.4, 0.5) is 5.69 Å². The van der Waals surface area contributed by atoms with Crippen LogP contribution in [0.15, 0.2) is 42.5 Å². The molecule has 0 unspecified atom stereocenters. The Morgan fingerprint density at radius 1 is 1.12 bits per heavy atom. The van der Waals surface area contributed by atoms with Gasteiger partial charge >= 0.3 is 0 Å². The highest BCUT2D eigenvalue weighted by molar-refractivity contribution is 6.04. The molecule has 5 nitrogen and oxygen atoms in total. The summed E-state index contributed by atoms with van der Waals surface area (Å²) >= 11 is 0. The van der Waals surface area contributed by atoms with Crippen LogP contribution in [0.25, 0.3) is 0 Å². The van der Waals surface area contributed by atoms with Crippen LogP contribution in [-0.2, 0) is 4.79 Å². The Bertz CT molecular complexity index is 785. The fourth-order valence-corrected chi connectivity index (χ4v) is 2.62. The highest BCUT2D eigenvalue weighted by Crippen LogP contribution is 2.27. The van der Waals surface area contributed by atoms with E-state index in [-0.39, 0.29) is 18.4 Å². The summed E-state index contributed by atoms with van der Waals surface area (Å²) in [7, 11) is 0. The molecule has 26 heavy (non-hydrogen) atoms. The van der Waals surface area contributed by atoms with Gasteiger partial charge in [0.05, 0.1) is 11.3 Å². The van der Waals surface area contributed by atoms with Gasteiger partial charge in [-0.3, -0.25) is 9.59 Å². The SMILES string of the molecule is CCNC(=O)c1ccccc1NC(=O)COc1cc(C)ccc1C(C)C. The third-order valence-electron chi connectivity index (χ3n) is 3.93. The van der Waals surface area contributed by atoms with E-state index in [2.05, 4.69) is 24.5 Å². The van der Waals surface area contributed by atoms with Gasteiger partial charge in [-0.2, -0.15) is 0 Å². The molecule has 138 valence electrons. The summed E-state index contributed by atoms with van der Waals surface area (Å²) < 4.78 is 5.75. The summed E-state index contributed by atoms with van der Waals surface area (Å²) in [5, 5.41) is 5.50. The predicted octanol–water partition coefficient (Wildman–Crippen LogP) is 3.89. The monoisotopic (exact) mass is 354 g/mol. The molecule has 0 heterocycles. The fourth-order valence-electron chi connectivity index (χ4n) is 2.62. The molecule has 0 radical (unpaired) electrons. The minimum Gasteiger partial charge on any atom is -0.483 e. The molecular formula is C21H26N2O3. The molecule has 0 aromatic heterocycles. The van der Waals surface area contributed by atoms with Crippen molar-refractivity contribution in [2.45, 2.75) is 33.6 Å². The van der Waals surface area contributed by atoms with E-state index in [1.807, 2.05) is 32.0 Å². The van der Waals surface area contributed by atoms with Crippen molar-refractivity contribution in [3.8, 4) is 5.75 Å². The summed E-state index contributed by atoms with van der Waals surface area (Å²) in [5.41, 5.74) is 3.04. The third kappa shape index (κ3) is 5.09. The van der Waals surface area contributed by atoms with Crippen molar-refractivity contribution in [1.29, 1.82) is 0 Å². The van der Waals surface area contributed by atoms with Gasteiger partial charge in [0, 0.05) is 6.54 Å². The number of rotatable bonds is 7. The van der Waals surface area contributed by atoms with E-state index in [1.54, 1.807) is 24.3 Å². The summed E-state index contributed by atoms with van der Waals surface area (Å²) in [6, 6.07) is 12.9. The minimum atomic E-state index is -0.307. The third-order valence-corrected chi connectivity index (χ3v) is 3.93. The van der Waals surface area contributed by atoms with Crippen molar-refractivity contribution in [3.05, 3.63) is 59.2 Å². The molecule has 2 aromatic carbocycles. The Balaban J connectivity index is 2.07. The van der Waals surface area contributed by atoms with Gasteiger partial charge in [0.15, 0.2) is 6.61 Å². The van der Waals surface area contributed by atoms with Gasteiger partial charge in [-0.1, -0.05) is 38.1 Å². The average Bonchev–Trinajstić information content (AvgIpc) is 2.60. The molecule has 0 spiro atoms. The normalized spacial score (nSPS) is 10.5. The number of aryl methyl sites for hydroxylation is 1. The summed E-state index contributed by atoms with van der Waals surface area (Å²) in [6.07, 6.45) is 0. The largest absolute Gasteiger partial charge is 0.483 e. The molecule has 0 fully saturated rings. The van der Waals surface area contributed by atoms with E-state index < -0.39 is 0 Å². The van der Waals surface area contributed by atoms with Crippen LogP contribution in [0.3, 0.4) is 0 Å². The number of hydrogen-bond donors (Lipinski definition) is 2. The molecule has 0 saturated heterocycles. The molecule has 2 amide bonds. The lowest BCUT2D eigenvalue weighted by atomic mass is 10.0. The number of anilines is 1. The molecule has 2 aromatic rings. The highest BCUT2D eigenvalue weighted by atomic mass is 16.5. The molecule has 2 N–H and O–H groups in total. The van der Waals surface area contributed by atoms with E-state index in [1.165, 1.54) is 0 Å². The maximum Gasteiger partial charge on any atom is 0.262 e. The van der Waals surface area contributed by atoms with Crippen molar-refractivity contribution in [2.24, 2.45) is 0 Å². The van der Waals surface area contributed by atoms with Crippen molar-refractivity contribution in [2.75, 3.05) is 18.5 Å². The number of amides is 2. The van der Waals surface area contributed by atoms with Crippen LogP contribution >= 0.6 is 0 Å². The zero-order valence-electron chi connectivity index (χ0n) is 15.8. The second-order valence-corrected chi connectivity index (χ2v) is 6.44. The van der Waals surface area contributed by atoms with E-state index in [0.29, 0.717) is 29.5 Å². The Hall–Kier alpha value is -2.82. The molecule has 0 atom stereocenters. The Labute approximate surface area is 154 Å². The molecule has 2 rings (SSSR count). The zero-order chi connectivity index (χ0) is 19.1. The van der Waals surface area contributed by atoms with E-state index in [0.717, 1.165) is 11.1 Å². The first-order valence-corrected chi connectivity index (χ1v) is 8.82. The number of ether oxygens (including phenoxy) is 1. The second kappa shape index (κ2) is 9.04. The van der Waals surface area contributed by atoms with Gasteiger partial charge in [-0.05, 0) is 49.1 Å². The first-order valence-electron chi connectivity index (χ1n) is 8.82. The van der Waals surface area contributed by atoms with Crippen LogP contribution in [0.5, 0.6) is 5.75 Å². The van der Waals surface area contributed by atoms with Crippen molar-refractivity contribution in [1.82, 2.24) is 5.32 Å². The molecule has 0 saturated carbocycles. The Morgan fingerprint density at radius 2 is 1.85 bits per heavy atom. The fraction of sp³-hybridized carbons (Fsp3) is 0.333. The molecule has 0 aliphatic rings. The zero-order valence-corrected chi connectivity index (χ0v) is 15.8. The number of benzene rings is 2. The van der Waals surface area contributed by atoms with E-state index >= 15 is 0 Å². The predicted molar refractivity (Wildman–Crippen MR) is 104 cm³/mol.